The van der Waals surface area contributed by atoms with Crippen molar-refractivity contribution in [3.63, 3.8) is 0 Å². The second kappa shape index (κ2) is 6.36. The minimum Gasteiger partial charge on any atom is -0.335 e. The molecule has 1 rings (SSSR count). The van der Waals surface area contributed by atoms with Gasteiger partial charge in [-0.25, -0.2) is 0 Å². The number of hydrogen-bond donors (Lipinski definition) is 0. The summed E-state index contributed by atoms with van der Waals surface area (Å²) < 4.78 is 0.771. The maximum Gasteiger partial charge on any atom is 0.255 e. The number of pyridine rings is 1. The maximum atomic E-state index is 12.2. The molecule has 0 bridgehead atoms. The molecule has 90 valence electrons. The van der Waals surface area contributed by atoms with E-state index in [1.807, 2.05) is 13.8 Å². The lowest BCUT2D eigenvalue weighted by atomic mass is 10.2. The van der Waals surface area contributed by atoms with E-state index in [0.29, 0.717) is 18.5 Å². The second-order valence-corrected chi connectivity index (χ2v) is 4.81. The van der Waals surface area contributed by atoms with E-state index >= 15 is 0 Å². The topological polar surface area (TPSA) is 57.0 Å². The van der Waals surface area contributed by atoms with Crippen LogP contribution in [-0.2, 0) is 0 Å². The zero-order valence-corrected chi connectivity index (χ0v) is 11.4. The molecule has 1 amide bonds. The molecule has 0 aromatic carbocycles. The number of rotatable bonds is 4. The number of carbonyl (C=O) groups is 1. The van der Waals surface area contributed by atoms with Gasteiger partial charge in [-0.3, -0.25) is 9.78 Å². The standard InChI is InChI=1S/C12H14BrN3O/c1-9(2)16(5-3-4-14)12(17)10-6-11(13)8-15-7-10/h6-9H,3,5H2,1-2H3. The third kappa shape index (κ3) is 3.82. The Morgan fingerprint density at radius 2 is 2.29 bits per heavy atom. The van der Waals surface area contributed by atoms with Crippen LogP contribution in [0.25, 0.3) is 0 Å². The zero-order valence-electron chi connectivity index (χ0n) is 9.85. The van der Waals surface area contributed by atoms with Crippen molar-refractivity contribution in [3.05, 3.63) is 28.5 Å². The summed E-state index contributed by atoms with van der Waals surface area (Å²) in [6.07, 6.45) is 3.51. The van der Waals surface area contributed by atoms with Crippen molar-refractivity contribution >= 4 is 21.8 Å². The highest BCUT2D eigenvalue weighted by atomic mass is 79.9. The minimum atomic E-state index is -0.0935. The molecule has 0 aliphatic heterocycles. The lowest BCUT2D eigenvalue weighted by Gasteiger charge is -2.25. The first kappa shape index (κ1) is 13.7. The third-order valence-corrected chi connectivity index (χ3v) is 2.73. The predicted octanol–water partition coefficient (Wildman–Crippen LogP) is 2.61. The van der Waals surface area contributed by atoms with Crippen molar-refractivity contribution < 1.29 is 4.79 Å². The summed E-state index contributed by atoms with van der Waals surface area (Å²) in [5.41, 5.74) is 0.533. The molecule has 17 heavy (non-hydrogen) atoms. The monoisotopic (exact) mass is 295 g/mol. The average Bonchev–Trinajstić information content (AvgIpc) is 2.29. The third-order valence-electron chi connectivity index (χ3n) is 2.30. The second-order valence-electron chi connectivity index (χ2n) is 3.89. The van der Waals surface area contributed by atoms with E-state index in [1.54, 1.807) is 17.2 Å². The van der Waals surface area contributed by atoms with Crippen LogP contribution in [-0.4, -0.2) is 28.4 Å². The molecule has 0 spiro atoms. The van der Waals surface area contributed by atoms with E-state index in [9.17, 15) is 4.79 Å². The normalized spacial score (nSPS) is 10.1. The van der Waals surface area contributed by atoms with Crippen LogP contribution in [0.3, 0.4) is 0 Å². The Morgan fingerprint density at radius 1 is 1.59 bits per heavy atom. The molecular weight excluding hydrogens is 282 g/mol. The molecule has 1 heterocycles. The van der Waals surface area contributed by atoms with Crippen LogP contribution >= 0.6 is 15.9 Å². The van der Waals surface area contributed by atoms with Gasteiger partial charge in [-0.2, -0.15) is 5.26 Å². The molecule has 0 unspecified atom stereocenters. The number of halogens is 1. The number of nitrogens with zero attached hydrogens (tertiary/aromatic N) is 3. The lowest BCUT2D eigenvalue weighted by Crippen LogP contribution is -2.37. The molecule has 0 atom stereocenters. The summed E-state index contributed by atoms with van der Waals surface area (Å²) >= 11 is 3.28. The van der Waals surface area contributed by atoms with Crippen molar-refractivity contribution in [1.82, 2.24) is 9.88 Å². The molecule has 0 saturated carbocycles. The van der Waals surface area contributed by atoms with Gasteiger partial charge in [-0.05, 0) is 35.8 Å². The summed E-state index contributed by atoms with van der Waals surface area (Å²) in [5, 5.41) is 8.59. The van der Waals surface area contributed by atoms with E-state index in [1.165, 1.54) is 6.20 Å². The number of amides is 1. The van der Waals surface area contributed by atoms with E-state index in [4.69, 9.17) is 5.26 Å². The average molecular weight is 296 g/mol. The molecule has 0 radical (unpaired) electrons. The predicted molar refractivity (Wildman–Crippen MR) is 68.3 cm³/mol. The number of nitriles is 1. The Bertz CT molecular complexity index is 440. The number of hydrogen-bond acceptors (Lipinski definition) is 3. The van der Waals surface area contributed by atoms with Crippen molar-refractivity contribution in [1.29, 1.82) is 5.26 Å². The molecule has 0 N–H and O–H groups in total. The first-order valence-corrected chi connectivity index (χ1v) is 6.14. The van der Waals surface area contributed by atoms with Crippen LogP contribution in [0.4, 0.5) is 0 Å². The fourth-order valence-electron chi connectivity index (χ4n) is 1.46. The Labute approximate surface area is 109 Å². The maximum absolute atomic E-state index is 12.2. The van der Waals surface area contributed by atoms with Gasteiger partial charge in [0.05, 0.1) is 18.1 Å². The van der Waals surface area contributed by atoms with Gasteiger partial charge in [0.15, 0.2) is 0 Å². The van der Waals surface area contributed by atoms with Crippen LogP contribution in [0.2, 0.25) is 0 Å². The molecule has 0 aliphatic rings. The summed E-state index contributed by atoms with van der Waals surface area (Å²) in [5.74, 6) is -0.0935. The summed E-state index contributed by atoms with van der Waals surface area (Å²) in [7, 11) is 0. The van der Waals surface area contributed by atoms with Crippen LogP contribution < -0.4 is 0 Å². The van der Waals surface area contributed by atoms with Gasteiger partial charge in [-0.15, -0.1) is 0 Å². The highest BCUT2D eigenvalue weighted by Gasteiger charge is 2.18. The van der Waals surface area contributed by atoms with Gasteiger partial charge in [0.2, 0.25) is 0 Å². The van der Waals surface area contributed by atoms with Gasteiger partial charge in [-0.1, -0.05) is 0 Å². The Balaban J connectivity index is 2.88. The van der Waals surface area contributed by atoms with Crippen LogP contribution in [0, 0.1) is 11.3 Å². The van der Waals surface area contributed by atoms with E-state index < -0.39 is 0 Å². The Kier molecular flexibility index (Phi) is 5.11. The van der Waals surface area contributed by atoms with Gasteiger partial charge in [0, 0.05) is 29.5 Å². The zero-order chi connectivity index (χ0) is 12.8. The van der Waals surface area contributed by atoms with Gasteiger partial charge >= 0.3 is 0 Å². The highest BCUT2D eigenvalue weighted by Crippen LogP contribution is 2.13. The van der Waals surface area contributed by atoms with Crippen molar-refractivity contribution in [3.8, 4) is 6.07 Å². The van der Waals surface area contributed by atoms with E-state index in [2.05, 4.69) is 27.0 Å². The first-order valence-electron chi connectivity index (χ1n) is 5.34. The molecule has 5 heteroatoms. The fraction of sp³-hybridized carbons (Fsp3) is 0.417. The molecule has 1 aromatic rings. The number of carbonyl (C=O) groups excluding carboxylic acids is 1. The number of aromatic nitrogens is 1. The molecule has 0 saturated heterocycles. The van der Waals surface area contributed by atoms with Crippen LogP contribution in [0.15, 0.2) is 22.9 Å². The van der Waals surface area contributed by atoms with Gasteiger partial charge in [0.1, 0.15) is 0 Å². The van der Waals surface area contributed by atoms with Crippen LogP contribution in [0.1, 0.15) is 30.6 Å². The van der Waals surface area contributed by atoms with Crippen molar-refractivity contribution in [2.45, 2.75) is 26.3 Å². The Morgan fingerprint density at radius 3 is 2.82 bits per heavy atom. The molecule has 4 nitrogen and oxygen atoms in total. The highest BCUT2D eigenvalue weighted by molar-refractivity contribution is 9.10. The summed E-state index contributed by atoms with van der Waals surface area (Å²) in [4.78, 5) is 17.8. The minimum absolute atomic E-state index is 0.0647. The van der Waals surface area contributed by atoms with Crippen LogP contribution in [0.5, 0.6) is 0 Å². The Hall–Kier alpha value is -1.41. The van der Waals surface area contributed by atoms with Gasteiger partial charge < -0.3 is 4.90 Å². The quantitative estimate of drug-likeness (QED) is 0.858. The SMILES string of the molecule is CC(C)N(CCC#N)C(=O)c1cncc(Br)c1. The van der Waals surface area contributed by atoms with Crippen molar-refractivity contribution in [2.75, 3.05) is 6.54 Å². The molecule has 0 fully saturated rings. The summed E-state index contributed by atoms with van der Waals surface area (Å²) in [6.45, 7) is 4.31. The van der Waals surface area contributed by atoms with E-state index in [0.717, 1.165) is 4.47 Å². The largest absolute Gasteiger partial charge is 0.335 e. The van der Waals surface area contributed by atoms with Gasteiger partial charge in [0.25, 0.3) is 5.91 Å². The molecule has 1 aromatic heterocycles. The van der Waals surface area contributed by atoms with E-state index in [-0.39, 0.29) is 11.9 Å². The molecular formula is C12H14BrN3O. The molecule has 0 aliphatic carbocycles. The first-order chi connectivity index (χ1) is 8.06. The smallest absolute Gasteiger partial charge is 0.255 e. The lowest BCUT2D eigenvalue weighted by molar-refractivity contribution is 0.0709. The van der Waals surface area contributed by atoms with Crippen molar-refractivity contribution in [2.24, 2.45) is 0 Å². The fourth-order valence-corrected chi connectivity index (χ4v) is 1.82. The summed E-state index contributed by atoms with van der Waals surface area (Å²) in [6, 6.07) is 3.85.